The Kier molecular flexibility index (Phi) is 4.84. The van der Waals surface area contributed by atoms with Crippen molar-refractivity contribution in [2.45, 2.75) is 12.6 Å². The van der Waals surface area contributed by atoms with Gasteiger partial charge in [0.15, 0.2) is 0 Å². The highest BCUT2D eigenvalue weighted by Gasteiger charge is 2.30. The number of halogens is 3. The van der Waals surface area contributed by atoms with Crippen LogP contribution in [-0.4, -0.2) is 10.9 Å². The van der Waals surface area contributed by atoms with E-state index in [9.17, 15) is 18.0 Å². The van der Waals surface area contributed by atoms with Crippen LogP contribution < -0.4 is 5.73 Å². The summed E-state index contributed by atoms with van der Waals surface area (Å²) < 4.78 is 39.8. The zero-order valence-corrected chi connectivity index (χ0v) is 15.8. The summed E-state index contributed by atoms with van der Waals surface area (Å²) in [6.07, 6.45) is -2.31. The Hall–Kier alpha value is -3.19. The molecule has 7 heteroatoms. The van der Waals surface area contributed by atoms with Crippen LogP contribution in [0.4, 0.5) is 13.2 Å². The molecule has 4 rings (SSSR count). The average Bonchev–Trinajstić information content (AvgIpc) is 3.10. The van der Waals surface area contributed by atoms with Crippen LogP contribution in [0.1, 0.15) is 26.4 Å². The van der Waals surface area contributed by atoms with Gasteiger partial charge in [-0.25, -0.2) is 0 Å². The number of primary amides is 1. The first-order chi connectivity index (χ1) is 13.8. The van der Waals surface area contributed by atoms with Crippen molar-refractivity contribution in [1.29, 1.82) is 0 Å². The maximum absolute atomic E-state index is 13.0. The second kappa shape index (κ2) is 7.33. The molecule has 0 aliphatic heterocycles. The molecule has 0 atom stereocenters. The van der Waals surface area contributed by atoms with Gasteiger partial charge in [-0.3, -0.25) is 9.78 Å². The van der Waals surface area contributed by atoms with Crippen molar-refractivity contribution in [2.75, 3.05) is 0 Å². The van der Waals surface area contributed by atoms with Gasteiger partial charge in [-0.15, -0.1) is 11.3 Å². The molecule has 1 amide bonds. The van der Waals surface area contributed by atoms with Crippen LogP contribution >= 0.6 is 11.3 Å². The van der Waals surface area contributed by atoms with E-state index < -0.39 is 17.6 Å². The number of nitrogens with two attached hydrogens (primary N) is 1. The molecule has 4 aromatic rings. The Bertz CT molecular complexity index is 1210. The molecule has 0 aliphatic rings. The van der Waals surface area contributed by atoms with Gasteiger partial charge < -0.3 is 5.73 Å². The molecule has 0 unspecified atom stereocenters. The van der Waals surface area contributed by atoms with E-state index in [2.05, 4.69) is 4.98 Å². The maximum atomic E-state index is 13.0. The number of carbonyl (C=O) groups excluding carboxylic acids is 1. The van der Waals surface area contributed by atoms with Crippen LogP contribution in [0.5, 0.6) is 0 Å². The molecule has 3 nitrogen and oxygen atoms in total. The number of pyridine rings is 1. The molecule has 29 heavy (non-hydrogen) atoms. The van der Waals surface area contributed by atoms with Crippen LogP contribution in [0.15, 0.2) is 66.9 Å². The molecule has 2 aromatic heterocycles. The van der Waals surface area contributed by atoms with E-state index in [1.54, 1.807) is 30.5 Å². The van der Waals surface area contributed by atoms with E-state index in [1.807, 2.05) is 18.2 Å². The molecule has 0 radical (unpaired) electrons. The Morgan fingerprint density at radius 2 is 1.83 bits per heavy atom. The normalized spacial score (nSPS) is 11.7. The number of alkyl halides is 3. The van der Waals surface area contributed by atoms with Gasteiger partial charge in [0.2, 0.25) is 5.91 Å². The van der Waals surface area contributed by atoms with Gasteiger partial charge in [0.25, 0.3) is 0 Å². The summed E-state index contributed by atoms with van der Waals surface area (Å²) in [4.78, 5) is 16.8. The molecule has 0 saturated carbocycles. The molecule has 0 fully saturated rings. The van der Waals surface area contributed by atoms with Gasteiger partial charge in [-0.1, -0.05) is 30.3 Å². The van der Waals surface area contributed by atoms with Crippen LogP contribution in [0.2, 0.25) is 0 Å². The van der Waals surface area contributed by atoms with E-state index >= 15 is 0 Å². The first-order valence-corrected chi connectivity index (χ1v) is 9.57. The van der Waals surface area contributed by atoms with E-state index in [0.717, 1.165) is 32.3 Å². The van der Waals surface area contributed by atoms with Crippen molar-refractivity contribution in [1.82, 2.24) is 4.98 Å². The second-order valence-corrected chi connectivity index (χ2v) is 7.74. The minimum atomic E-state index is -4.36. The molecular weight excluding hydrogens is 397 g/mol. The minimum absolute atomic E-state index is 0.381. The number of aromatic nitrogens is 1. The number of nitrogens with zero attached hydrogens (tertiary/aromatic N) is 1. The van der Waals surface area contributed by atoms with Crippen molar-refractivity contribution in [3.8, 4) is 11.1 Å². The predicted octanol–water partition coefficient (Wildman–Crippen LogP) is 5.67. The Labute approximate surface area is 168 Å². The highest BCUT2D eigenvalue weighted by molar-refractivity contribution is 7.19. The standard InChI is InChI=1S/C22H15F3N2OS/c23-22(24,25)16-6-1-3-13(9-16)10-17-12-19-20(29-17)18(7-8-27-19)14-4-2-5-15(11-14)21(26)28/h1-9,11-12H,10H2,(H2,26,28). The van der Waals surface area contributed by atoms with Gasteiger partial charge in [-0.05, 0) is 41.5 Å². The van der Waals surface area contributed by atoms with Crippen molar-refractivity contribution >= 4 is 27.5 Å². The summed E-state index contributed by atoms with van der Waals surface area (Å²) in [5.74, 6) is -0.506. The van der Waals surface area contributed by atoms with Crippen LogP contribution in [0.25, 0.3) is 21.3 Å². The third-order valence-electron chi connectivity index (χ3n) is 4.55. The third-order valence-corrected chi connectivity index (χ3v) is 5.71. The number of hydrogen-bond acceptors (Lipinski definition) is 3. The van der Waals surface area contributed by atoms with Crippen molar-refractivity contribution in [2.24, 2.45) is 5.73 Å². The summed E-state index contributed by atoms with van der Waals surface area (Å²) in [6.45, 7) is 0. The molecule has 0 bridgehead atoms. The van der Waals surface area contributed by atoms with Crippen LogP contribution in [-0.2, 0) is 12.6 Å². The first kappa shape index (κ1) is 19.1. The maximum Gasteiger partial charge on any atom is 0.416 e. The van der Waals surface area contributed by atoms with E-state index in [1.165, 1.54) is 23.5 Å². The third kappa shape index (κ3) is 4.00. The first-order valence-electron chi connectivity index (χ1n) is 8.75. The minimum Gasteiger partial charge on any atom is -0.366 e. The second-order valence-electron chi connectivity index (χ2n) is 6.61. The predicted molar refractivity (Wildman–Crippen MR) is 108 cm³/mol. The smallest absolute Gasteiger partial charge is 0.366 e. The van der Waals surface area contributed by atoms with Crippen molar-refractivity contribution < 1.29 is 18.0 Å². The highest BCUT2D eigenvalue weighted by atomic mass is 32.1. The summed E-state index contributed by atoms with van der Waals surface area (Å²) in [5.41, 5.74) is 8.22. The number of benzene rings is 2. The molecule has 0 saturated heterocycles. The quantitative estimate of drug-likeness (QED) is 0.469. The molecule has 2 aromatic carbocycles. The van der Waals surface area contributed by atoms with Gasteiger partial charge in [0.05, 0.1) is 15.8 Å². The number of thiophene rings is 1. The SMILES string of the molecule is NC(=O)c1cccc(-c2ccnc3cc(Cc4cccc(C(F)(F)F)c4)sc23)c1. The van der Waals surface area contributed by atoms with Crippen LogP contribution in [0.3, 0.4) is 0 Å². The van der Waals surface area contributed by atoms with E-state index in [4.69, 9.17) is 5.73 Å². The van der Waals surface area contributed by atoms with Crippen molar-refractivity contribution in [3.63, 3.8) is 0 Å². The van der Waals surface area contributed by atoms with Gasteiger partial charge in [-0.2, -0.15) is 13.2 Å². The zero-order valence-electron chi connectivity index (χ0n) is 15.0. The summed E-state index contributed by atoms with van der Waals surface area (Å²) >= 11 is 1.48. The fourth-order valence-corrected chi connectivity index (χ4v) is 4.38. The van der Waals surface area contributed by atoms with Gasteiger partial charge in [0, 0.05) is 28.6 Å². The fraction of sp³-hybridized carbons (Fsp3) is 0.0909. The number of amides is 1. The summed E-state index contributed by atoms with van der Waals surface area (Å²) in [6, 6.07) is 16.1. The molecule has 146 valence electrons. The van der Waals surface area contributed by atoms with E-state index in [0.29, 0.717) is 17.5 Å². The number of hydrogen-bond donors (Lipinski definition) is 1. The molecule has 0 aliphatic carbocycles. The number of rotatable bonds is 4. The molecule has 2 N–H and O–H groups in total. The summed E-state index contributed by atoms with van der Waals surface area (Å²) in [7, 11) is 0. The largest absolute Gasteiger partial charge is 0.416 e. The topological polar surface area (TPSA) is 56.0 Å². The lowest BCUT2D eigenvalue weighted by Crippen LogP contribution is -2.10. The Morgan fingerprint density at radius 3 is 2.59 bits per heavy atom. The number of fused-ring (bicyclic) bond motifs is 1. The monoisotopic (exact) mass is 412 g/mol. The zero-order chi connectivity index (χ0) is 20.6. The van der Waals surface area contributed by atoms with Crippen molar-refractivity contribution in [3.05, 3.63) is 88.4 Å². The molecule has 0 spiro atoms. The fourth-order valence-electron chi connectivity index (χ4n) is 3.20. The molecule has 2 heterocycles. The summed E-state index contributed by atoms with van der Waals surface area (Å²) in [5, 5.41) is 0. The Morgan fingerprint density at radius 1 is 1.03 bits per heavy atom. The lowest BCUT2D eigenvalue weighted by Gasteiger charge is -2.08. The Balaban J connectivity index is 1.72. The highest BCUT2D eigenvalue weighted by Crippen LogP contribution is 2.35. The van der Waals surface area contributed by atoms with Crippen LogP contribution in [0, 0.1) is 0 Å². The lowest BCUT2D eigenvalue weighted by atomic mass is 10.0. The van der Waals surface area contributed by atoms with Gasteiger partial charge >= 0.3 is 6.18 Å². The van der Waals surface area contributed by atoms with E-state index in [-0.39, 0.29) is 0 Å². The average molecular weight is 412 g/mol. The van der Waals surface area contributed by atoms with Gasteiger partial charge in [0.1, 0.15) is 0 Å². The lowest BCUT2D eigenvalue weighted by molar-refractivity contribution is -0.137. The number of carbonyl (C=O) groups is 1. The molecular formula is C22H15F3N2OS.